The van der Waals surface area contributed by atoms with E-state index in [4.69, 9.17) is 15.6 Å². The number of Topliss-reactive ketones (excluding diaryl/α,β-unsaturated/α-hetero) is 1. The minimum absolute atomic E-state index is 0.294. The van der Waals surface area contributed by atoms with E-state index >= 15 is 0 Å². The third-order valence-corrected chi connectivity index (χ3v) is 3.27. The molecule has 0 unspecified atom stereocenters. The molecule has 0 aromatic rings. The molecule has 29 heavy (non-hydrogen) atoms. The van der Waals surface area contributed by atoms with E-state index in [1.807, 2.05) is 0 Å². The maximum Gasteiger partial charge on any atom is 0.374 e. The van der Waals surface area contributed by atoms with Crippen LogP contribution < -0.4 is 5.73 Å². The Balaban J connectivity index is 5.24. The Bertz CT molecular complexity index is 632. The molecular weight excluding hydrogens is 406 g/mol. The highest BCUT2D eigenvalue weighted by Crippen LogP contribution is 2.21. The lowest BCUT2D eigenvalue weighted by molar-refractivity contribution is -0.772. The summed E-state index contributed by atoms with van der Waals surface area (Å²) in [6.45, 7) is -2.73. The van der Waals surface area contributed by atoms with Gasteiger partial charge in [-0.2, -0.15) is 0 Å². The van der Waals surface area contributed by atoms with Gasteiger partial charge in [-0.25, -0.2) is 4.79 Å². The second kappa shape index (κ2) is 12.0. The van der Waals surface area contributed by atoms with E-state index in [0.29, 0.717) is 0 Å². The molecule has 0 aromatic heterocycles. The number of rotatable bonds is 15. The van der Waals surface area contributed by atoms with Gasteiger partial charge >= 0.3 is 17.9 Å². The first-order valence-corrected chi connectivity index (χ1v) is 7.75. The van der Waals surface area contributed by atoms with Gasteiger partial charge in [0.05, 0.1) is 5.41 Å². The van der Waals surface area contributed by atoms with Crippen LogP contribution in [0.5, 0.6) is 0 Å². The van der Waals surface area contributed by atoms with Crippen LogP contribution in [0.15, 0.2) is 0 Å². The van der Waals surface area contributed by atoms with Crippen molar-refractivity contribution in [3.63, 3.8) is 0 Å². The molecule has 0 rings (SSSR count). The molecule has 164 valence electrons. The quantitative estimate of drug-likeness (QED) is 0.128. The number of ether oxygens (including phenoxy) is 2. The molecule has 0 aliphatic heterocycles. The van der Waals surface area contributed by atoms with Crippen molar-refractivity contribution in [1.29, 1.82) is 0 Å². The molecule has 0 heterocycles. The lowest BCUT2D eigenvalue weighted by atomic mass is 9.92. The number of carbonyl (C=O) groups is 4. The number of carboxylic acids is 1. The highest BCUT2D eigenvalue weighted by atomic mass is 17.0. The summed E-state index contributed by atoms with van der Waals surface area (Å²) in [5, 5.41) is 27.1. The lowest BCUT2D eigenvalue weighted by Gasteiger charge is -2.30. The van der Waals surface area contributed by atoms with Crippen molar-refractivity contribution in [2.24, 2.45) is 11.1 Å². The van der Waals surface area contributed by atoms with Crippen molar-refractivity contribution in [3.8, 4) is 0 Å². The van der Waals surface area contributed by atoms with Gasteiger partial charge in [0.15, 0.2) is 0 Å². The number of hydrogen-bond acceptors (Lipinski definition) is 13. The van der Waals surface area contributed by atoms with Gasteiger partial charge in [-0.3, -0.25) is 14.4 Å². The third-order valence-electron chi connectivity index (χ3n) is 3.27. The minimum atomic E-state index is -1.92. The summed E-state index contributed by atoms with van der Waals surface area (Å²) in [5.41, 5.74) is 3.31. The van der Waals surface area contributed by atoms with Gasteiger partial charge in [-0.15, -0.1) is 20.2 Å². The van der Waals surface area contributed by atoms with E-state index in [0.717, 1.165) is 6.92 Å². The van der Waals surface area contributed by atoms with Gasteiger partial charge in [-0.1, -0.05) is 0 Å². The number of carboxylic acid groups (broad SMARTS) is 1. The second-order valence-electron chi connectivity index (χ2n) is 5.77. The van der Waals surface area contributed by atoms with Crippen molar-refractivity contribution in [1.82, 2.24) is 0 Å². The molecule has 0 fully saturated rings. The van der Waals surface area contributed by atoms with E-state index < -0.39 is 78.2 Å². The summed E-state index contributed by atoms with van der Waals surface area (Å²) < 4.78 is 9.44. The fourth-order valence-electron chi connectivity index (χ4n) is 1.65. The number of nitrogens with zero attached hydrogens (tertiary/aromatic N) is 2. The van der Waals surface area contributed by atoms with Crippen molar-refractivity contribution in [2.45, 2.75) is 25.8 Å². The fourth-order valence-corrected chi connectivity index (χ4v) is 1.65. The van der Waals surface area contributed by atoms with Gasteiger partial charge < -0.3 is 30.0 Å². The standard InChI is InChI=1S/C13H19N3O13/c1-8(17)12(21)27-5-13(6-28-15(22)23,7-29-16(24)25)4-26-10(18)3-2-9(14)11(19)20/h9H,2-7,14H2,1H3,(H,19,20)/t9-/m0/s1. The van der Waals surface area contributed by atoms with Crippen molar-refractivity contribution in [3.05, 3.63) is 20.2 Å². The largest absolute Gasteiger partial charge is 0.480 e. The van der Waals surface area contributed by atoms with Crippen LogP contribution in [0, 0.1) is 25.6 Å². The first-order chi connectivity index (χ1) is 13.4. The van der Waals surface area contributed by atoms with Crippen molar-refractivity contribution >= 4 is 23.7 Å². The van der Waals surface area contributed by atoms with Crippen LogP contribution in [0.2, 0.25) is 0 Å². The number of nitrogens with two attached hydrogens (primary N) is 1. The van der Waals surface area contributed by atoms with Crippen LogP contribution in [0.25, 0.3) is 0 Å². The zero-order chi connectivity index (χ0) is 22.6. The van der Waals surface area contributed by atoms with Crippen molar-refractivity contribution in [2.75, 3.05) is 26.4 Å². The Morgan fingerprint density at radius 2 is 1.48 bits per heavy atom. The molecular formula is C13H19N3O13. The second-order valence-corrected chi connectivity index (χ2v) is 5.77. The summed E-state index contributed by atoms with van der Waals surface area (Å²) in [5.74, 6) is -4.73. The molecule has 0 aliphatic rings. The predicted molar refractivity (Wildman–Crippen MR) is 85.8 cm³/mol. The van der Waals surface area contributed by atoms with E-state index in [1.165, 1.54) is 0 Å². The molecule has 0 saturated heterocycles. The first kappa shape index (κ1) is 25.4. The lowest BCUT2D eigenvalue weighted by Crippen LogP contribution is -2.44. The molecule has 16 heteroatoms. The average molecular weight is 425 g/mol. The van der Waals surface area contributed by atoms with Gasteiger partial charge in [0, 0.05) is 13.3 Å². The van der Waals surface area contributed by atoms with Crippen molar-refractivity contribution < 1.29 is 53.6 Å². The summed E-state index contributed by atoms with van der Waals surface area (Å²) in [6.07, 6.45) is -0.750. The molecule has 0 spiro atoms. The Labute approximate surface area is 162 Å². The molecule has 0 bridgehead atoms. The summed E-state index contributed by atoms with van der Waals surface area (Å²) in [4.78, 5) is 73.9. The maximum atomic E-state index is 11.8. The summed E-state index contributed by atoms with van der Waals surface area (Å²) in [7, 11) is 0. The number of aliphatic carboxylic acids is 1. The van der Waals surface area contributed by atoms with E-state index in [2.05, 4.69) is 14.4 Å². The zero-order valence-electron chi connectivity index (χ0n) is 15.1. The third kappa shape index (κ3) is 11.0. The van der Waals surface area contributed by atoms with Gasteiger partial charge in [0.1, 0.15) is 32.5 Å². The topological polar surface area (TPSA) is 238 Å². The van der Waals surface area contributed by atoms with Crippen LogP contribution in [-0.2, 0) is 38.3 Å². The molecule has 1 atom stereocenters. The van der Waals surface area contributed by atoms with E-state index in [9.17, 15) is 39.4 Å². The van der Waals surface area contributed by atoms with Gasteiger partial charge in [0.25, 0.3) is 10.2 Å². The van der Waals surface area contributed by atoms with Gasteiger partial charge in [0.2, 0.25) is 5.78 Å². The zero-order valence-corrected chi connectivity index (χ0v) is 15.1. The Morgan fingerprint density at radius 3 is 1.90 bits per heavy atom. The SMILES string of the molecule is CC(=O)C(=O)OCC(COC(=O)CC[C@H](N)C(=O)O)(CO[N+](=O)[O-])CO[N+](=O)[O-]. The van der Waals surface area contributed by atoms with E-state index in [-0.39, 0.29) is 6.42 Å². The van der Waals surface area contributed by atoms with Crippen LogP contribution in [0.3, 0.4) is 0 Å². The maximum absolute atomic E-state index is 11.8. The number of hydrogen-bond donors (Lipinski definition) is 2. The van der Waals surface area contributed by atoms with Crippen LogP contribution in [-0.4, -0.2) is 71.4 Å². The number of carbonyl (C=O) groups excluding carboxylic acids is 3. The van der Waals surface area contributed by atoms with Crippen LogP contribution in [0.1, 0.15) is 19.8 Å². The molecule has 0 saturated carbocycles. The molecule has 16 nitrogen and oxygen atoms in total. The predicted octanol–water partition coefficient (Wildman–Crippen LogP) is -1.74. The number of esters is 2. The molecule has 0 aromatic carbocycles. The van der Waals surface area contributed by atoms with Crippen LogP contribution >= 0.6 is 0 Å². The Hall–Kier alpha value is -3.56. The number of ketones is 1. The average Bonchev–Trinajstić information content (AvgIpc) is 2.64. The minimum Gasteiger partial charge on any atom is -0.480 e. The summed E-state index contributed by atoms with van der Waals surface area (Å²) in [6, 6.07) is -1.35. The smallest absolute Gasteiger partial charge is 0.374 e. The highest BCUT2D eigenvalue weighted by molar-refractivity contribution is 6.32. The first-order valence-electron chi connectivity index (χ1n) is 7.75. The monoisotopic (exact) mass is 425 g/mol. The highest BCUT2D eigenvalue weighted by Gasteiger charge is 2.38. The Morgan fingerprint density at radius 1 is 1.00 bits per heavy atom. The molecule has 0 amide bonds. The normalized spacial score (nSPS) is 11.7. The van der Waals surface area contributed by atoms with E-state index in [1.54, 1.807) is 0 Å². The van der Waals surface area contributed by atoms with Gasteiger partial charge in [-0.05, 0) is 6.42 Å². The Kier molecular flexibility index (Phi) is 10.5. The fraction of sp³-hybridized carbons (Fsp3) is 0.692. The summed E-state index contributed by atoms with van der Waals surface area (Å²) >= 11 is 0. The van der Waals surface area contributed by atoms with Crippen LogP contribution in [0.4, 0.5) is 0 Å². The molecule has 0 radical (unpaired) electrons. The molecule has 0 aliphatic carbocycles. The molecule has 3 N–H and O–H groups in total.